The van der Waals surface area contributed by atoms with Crippen LogP contribution in [-0.4, -0.2) is 35.5 Å². The fourth-order valence-corrected chi connectivity index (χ4v) is 5.50. The molecule has 2 amide bonds. The minimum atomic E-state index is -0.200. The fraction of sp³-hybridized carbons (Fsp3) is 0.464. The van der Waals surface area contributed by atoms with Crippen LogP contribution >= 0.6 is 0 Å². The smallest absolute Gasteiger partial charge is 0.289 e. The number of hydrogen-bond acceptors (Lipinski definition) is 5. The maximum atomic E-state index is 13.2. The van der Waals surface area contributed by atoms with Gasteiger partial charge in [0.15, 0.2) is 5.76 Å². The molecule has 7 heteroatoms. The monoisotopic (exact) mass is 475 g/mol. The average Bonchev–Trinajstić information content (AvgIpc) is 3.26. The molecule has 1 aliphatic heterocycles. The summed E-state index contributed by atoms with van der Waals surface area (Å²) in [7, 11) is 0. The molecule has 0 bridgehead atoms. The maximum Gasteiger partial charge on any atom is 0.289 e. The van der Waals surface area contributed by atoms with Crippen molar-refractivity contribution in [3.8, 4) is 0 Å². The van der Waals surface area contributed by atoms with E-state index in [1.165, 1.54) is 12.8 Å². The van der Waals surface area contributed by atoms with Gasteiger partial charge >= 0.3 is 0 Å². The highest BCUT2D eigenvalue weighted by Crippen LogP contribution is 2.31. The van der Waals surface area contributed by atoms with Crippen LogP contribution in [0.3, 0.4) is 0 Å². The number of carbonyl (C=O) groups excluding carboxylic acids is 2. The maximum absolute atomic E-state index is 13.2. The van der Waals surface area contributed by atoms with Crippen molar-refractivity contribution >= 4 is 28.5 Å². The molecule has 1 aromatic carbocycles. The topological polar surface area (TPSA) is 88.0 Å². The van der Waals surface area contributed by atoms with Crippen molar-refractivity contribution in [1.82, 2.24) is 10.3 Å². The zero-order valence-corrected chi connectivity index (χ0v) is 20.8. The molecule has 2 aromatic heterocycles. The van der Waals surface area contributed by atoms with Gasteiger partial charge in [0.25, 0.3) is 5.91 Å². The molecule has 184 valence electrons. The lowest BCUT2D eigenvalue weighted by Gasteiger charge is -2.19. The molecule has 0 unspecified atom stereocenters. The van der Waals surface area contributed by atoms with Crippen LogP contribution in [0.2, 0.25) is 0 Å². The number of hydrazone groups is 1. The first-order chi connectivity index (χ1) is 16.9. The third kappa shape index (κ3) is 4.64. The van der Waals surface area contributed by atoms with Crippen molar-refractivity contribution < 1.29 is 18.4 Å². The van der Waals surface area contributed by atoms with E-state index in [9.17, 15) is 9.59 Å². The Morgan fingerprint density at radius 1 is 1.03 bits per heavy atom. The van der Waals surface area contributed by atoms with E-state index in [4.69, 9.17) is 8.83 Å². The van der Waals surface area contributed by atoms with Gasteiger partial charge < -0.3 is 13.7 Å². The molecule has 1 saturated heterocycles. The molecule has 1 fully saturated rings. The second kappa shape index (κ2) is 9.72. The summed E-state index contributed by atoms with van der Waals surface area (Å²) < 4.78 is 11.8. The number of rotatable bonds is 4. The Kier molecular flexibility index (Phi) is 6.50. The quantitative estimate of drug-likeness (QED) is 0.514. The molecule has 5 rings (SSSR count). The number of benzene rings is 1. The van der Waals surface area contributed by atoms with E-state index in [-0.39, 0.29) is 18.2 Å². The molecule has 0 atom stereocenters. The number of amides is 2. The third-order valence-electron chi connectivity index (χ3n) is 7.17. The normalized spacial score (nSPS) is 17.5. The number of furan rings is 2. The van der Waals surface area contributed by atoms with Gasteiger partial charge in [-0.1, -0.05) is 18.9 Å². The molecular formula is C28H33N3O4. The van der Waals surface area contributed by atoms with Gasteiger partial charge in [0, 0.05) is 41.6 Å². The Balaban J connectivity index is 1.34. The van der Waals surface area contributed by atoms with Crippen LogP contribution in [0.4, 0.5) is 0 Å². The van der Waals surface area contributed by atoms with Crippen LogP contribution in [0, 0.1) is 20.8 Å². The summed E-state index contributed by atoms with van der Waals surface area (Å²) in [6.45, 7) is 7.55. The van der Waals surface area contributed by atoms with Crippen LogP contribution in [0.5, 0.6) is 0 Å². The van der Waals surface area contributed by atoms with Crippen LogP contribution in [-0.2, 0) is 17.6 Å². The molecule has 0 saturated carbocycles. The number of nitrogens with one attached hydrogen (secondary N) is 1. The Bertz CT molecular complexity index is 1310. The van der Waals surface area contributed by atoms with Crippen LogP contribution in [0.15, 0.2) is 32.3 Å². The van der Waals surface area contributed by atoms with E-state index in [1.807, 2.05) is 31.7 Å². The molecular weight excluding hydrogens is 442 g/mol. The van der Waals surface area contributed by atoms with Gasteiger partial charge in [0.2, 0.25) is 5.91 Å². The van der Waals surface area contributed by atoms with E-state index in [0.29, 0.717) is 5.76 Å². The number of fused-ring (bicyclic) bond motifs is 2. The van der Waals surface area contributed by atoms with E-state index in [2.05, 4.69) is 16.6 Å². The molecule has 1 N–H and O–H groups in total. The minimum absolute atomic E-state index is 0.0281. The number of hydrogen-bond donors (Lipinski definition) is 1. The third-order valence-corrected chi connectivity index (χ3v) is 7.17. The first-order valence-corrected chi connectivity index (χ1v) is 12.7. The number of likely N-dealkylation sites (tertiary alicyclic amines) is 1. The second-order valence-corrected chi connectivity index (χ2v) is 9.90. The second-order valence-electron chi connectivity index (χ2n) is 9.90. The summed E-state index contributed by atoms with van der Waals surface area (Å²) in [6.07, 6.45) is 8.63. The Morgan fingerprint density at radius 3 is 2.57 bits per heavy atom. The van der Waals surface area contributed by atoms with Gasteiger partial charge in [-0.25, -0.2) is 5.43 Å². The predicted molar refractivity (Wildman–Crippen MR) is 135 cm³/mol. The summed E-state index contributed by atoms with van der Waals surface area (Å²) >= 11 is 0. The van der Waals surface area contributed by atoms with Gasteiger partial charge in [-0.15, -0.1) is 0 Å². The molecule has 0 spiro atoms. The molecule has 1 aliphatic carbocycles. The van der Waals surface area contributed by atoms with Crippen LogP contribution < -0.4 is 5.43 Å². The van der Waals surface area contributed by atoms with Crippen molar-refractivity contribution in [2.24, 2.45) is 5.10 Å². The van der Waals surface area contributed by atoms with E-state index in [0.717, 1.165) is 95.5 Å². The zero-order chi connectivity index (χ0) is 24.5. The summed E-state index contributed by atoms with van der Waals surface area (Å²) in [4.78, 5) is 27.9. The van der Waals surface area contributed by atoms with Gasteiger partial charge in [0.1, 0.15) is 11.3 Å². The SMILES string of the molecule is Cc1cc(C)c2c(CC(=O)N/N=C3\CCCc4oc(C(=O)N5CCCCCC5)c(C)c43)coc2c1. The number of carbonyl (C=O) groups is 2. The first kappa shape index (κ1) is 23.4. The summed E-state index contributed by atoms with van der Waals surface area (Å²) in [5.74, 6) is 0.995. The predicted octanol–water partition coefficient (Wildman–Crippen LogP) is 5.37. The fourth-order valence-electron chi connectivity index (χ4n) is 5.50. The zero-order valence-electron chi connectivity index (χ0n) is 20.8. The first-order valence-electron chi connectivity index (χ1n) is 12.7. The Hall–Kier alpha value is -3.35. The van der Waals surface area contributed by atoms with E-state index < -0.39 is 0 Å². The lowest BCUT2D eigenvalue weighted by molar-refractivity contribution is -0.120. The highest BCUT2D eigenvalue weighted by atomic mass is 16.4. The molecule has 35 heavy (non-hydrogen) atoms. The highest BCUT2D eigenvalue weighted by Gasteiger charge is 2.30. The average molecular weight is 476 g/mol. The number of nitrogens with zero attached hydrogens (tertiary/aromatic N) is 2. The van der Waals surface area contributed by atoms with Crippen molar-refractivity contribution in [2.75, 3.05) is 13.1 Å². The molecule has 3 heterocycles. The lowest BCUT2D eigenvalue weighted by Crippen LogP contribution is -2.32. The highest BCUT2D eigenvalue weighted by molar-refractivity contribution is 6.06. The van der Waals surface area contributed by atoms with Gasteiger partial charge in [0.05, 0.1) is 18.4 Å². The summed E-state index contributed by atoms with van der Waals surface area (Å²) in [5, 5.41) is 5.47. The van der Waals surface area contributed by atoms with Gasteiger partial charge in [-0.2, -0.15) is 5.10 Å². The van der Waals surface area contributed by atoms with Gasteiger partial charge in [-0.3, -0.25) is 9.59 Å². The van der Waals surface area contributed by atoms with Gasteiger partial charge in [-0.05, 0) is 63.6 Å². The molecule has 7 nitrogen and oxygen atoms in total. The molecule has 3 aromatic rings. The van der Waals surface area contributed by atoms with Crippen LogP contribution in [0.1, 0.15) is 82.7 Å². The number of aryl methyl sites for hydroxylation is 3. The van der Waals surface area contributed by atoms with Crippen LogP contribution in [0.25, 0.3) is 11.0 Å². The lowest BCUT2D eigenvalue weighted by atomic mass is 9.93. The van der Waals surface area contributed by atoms with Crippen molar-refractivity contribution in [3.63, 3.8) is 0 Å². The molecule has 0 radical (unpaired) electrons. The van der Waals surface area contributed by atoms with E-state index in [1.54, 1.807) is 6.26 Å². The molecule has 2 aliphatic rings. The largest absolute Gasteiger partial charge is 0.464 e. The minimum Gasteiger partial charge on any atom is -0.464 e. The van der Waals surface area contributed by atoms with Crippen molar-refractivity contribution in [2.45, 2.75) is 72.1 Å². The summed E-state index contributed by atoms with van der Waals surface area (Å²) in [6, 6.07) is 4.08. The Morgan fingerprint density at radius 2 is 1.80 bits per heavy atom. The standard InChI is InChI=1S/C28H33N3O4/c1-17-13-18(2)25-20(16-34-23(25)14-17)15-24(32)30-29-21-9-8-10-22-26(21)19(3)27(35-22)28(33)31-11-6-4-5-7-12-31/h13-14,16H,4-12,15H2,1-3H3,(H,30,32)/b29-21+. The van der Waals surface area contributed by atoms with Crippen molar-refractivity contribution in [3.05, 3.63) is 57.7 Å². The Labute approximate surface area is 205 Å². The van der Waals surface area contributed by atoms with E-state index >= 15 is 0 Å². The van der Waals surface area contributed by atoms with Crippen molar-refractivity contribution in [1.29, 1.82) is 0 Å². The summed E-state index contributed by atoms with van der Waals surface area (Å²) in [5.41, 5.74) is 9.09.